The Balaban J connectivity index is 2.02. The number of anilines is 1. The van der Waals surface area contributed by atoms with Crippen LogP contribution in [0.5, 0.6) is 5.75 Å². The number of carbonyl (C=O) groups is 2. The third-order valence-electron chi connectivity index (χ3n) is 2.85. The number of ether oxygens (including phenoxy) is 2. The second kappa shape index (κ2) is 7.85. The van der Waals surface area contributed by atoms with Crippen LogP contribution in [-0.4, -0.2) is 25.6 Å². The first-order valence-electron chi connectivity index (χ1n) is 6.56. The van der Waals surface area contributed by atoms with Crippen molar-refractivity contribution in [3.63, 3.8) is 0 Å². The standard InChI is InChI=1S/C16H13Cl2NO4/c1-22-16(21)11-4-2-3-5-14(11)23-9-15(20)19-13-8-10(17)6-7-12(13)18/h2-8H,9H2,1H3,(H,19,20). The summed E-state index contributed by atoms with van der Waals surface area (Å²) in [6.07, 6.45) is 0. The Labute approximate surface area is 143 Å². The molecule has 2 aromatic rings. The lowest BCUT2D eigenvalue weighted by molar-refractivity contribution is -0.118. The van der Waals surface area contributed by atoms with Crippen molar-refractivity contribution in [3.8, 4) is 5.75 Å². The zero-order valence-corrected chi connectivity index (χ0v) is 13.6. The minimum absolute atomic E-state index is 0.239. The Bertz CT molecular complexity index is 734. The molecule has 2 aromatic carbocycles. The molecule has 0 unspecified atom stereocenters. The van der Waals surface area contributed by atoms with E-state index in [1.807, 2.05) is 0 Å². The first kappa shape index (κ1) is 17.1. The summed E-state index contributed by atoms with van der Waals surface area (Å²) in [7, 11) is 1.27. The lowest BCUT2D eigenvalue weighted by Gasteiger charge is -2.11. The molecule has 0 spiro atoms. The summed E-state index contributed by atoms with van der Waals surface area (Å²) in [4.78, 5) is 23.6. The number of halogens is 2. The molecular formula is C16H13Cl2NO4. The van der Waals surface area contributed by atoms with E-state index in [0.29, 0.717) is 15.7 Å². The van der Waals surface area contributed by atoms with Gasteiger partial charge in [0, 0.05) is 5.02 Å². The molecule has 1 N–H and O–H groups in total. The molecule has 0 heterocycles. The third kappa shape index (κ3) is 4.61. The molecule has 0 aliphatic carbocycles. The van der Waals surface area contributed by atoms with Crippen LogP contribution < -0.4 is 10.1 Å². The summed E-state index contributed by atoms with van der Waals surface area (Å²) < 4.78 is 10.0. The maximum absolute atomic E-state index is 11.9. The molecule has 0 bridgehead atoms. The number of hydrogen-bond acceptors (Lipinski definition) is 4. The van der Waals surface area contributed by atoms with Crippen molar-refractivity contribution in [3.05, 3.63) is 58.1 Å². The van der Waals surface area contributed by atoms with Crippen LogP contribution >= 0.6 is 23.2 Å². The molecule has 5 nitrogen and oxygen atoms in total. The highest BCUT2D eigenvalue weighted by Crippen LogP contribution is 2.25. The number of hydrogen-bond donors (Lipinski definition) is 1. The van der Waals surface area contributed by atoms with Crippen molar-refractivity contribution in [2.24, 2.45) is 0 Å². The average molecular weight is 354 g/mol. The molecule has 1 amide bonds. The van der Waals surface area contributed by atoms with Gasteiger partial charge in [0.05, 0.1) is 17.8 Å². The second-order valence-electron chi connectivity index (χ2n) is 4.45. The van der Waals surface area contributed by atoms with Gasteiger partial charge in [-0.1, -0.05) is 35.3 Å². The topological polar surface area (TPSA) is 64.6 Å². The SMILES string of the molecule is COC(=O)c1ccccc1OCC(=O)Nc1cc(Cl)ccc1Cl. The lowest BCUT2D eigenvalue weighted by atomic mass is 10.2. The molecule has 0 saturated carbocycles. The fraction of sp³-hybridized carbons (Fsp3) is 0.125. The Kier molecular flexibility index (Phi) is 5.84. The van der Waals surface area contributed by atoms with Gasteiger partial charge in [0.15, 0.2) is 6.61 Å². The van der Waals surface area contributed by atoms with Crippen LogP contribution in [-0.2, 0) is 9.53 Å². The van der Waals surface area contributed by atoms with Crippen LogP contribution in [0.15, 0.2) is 42.5 Å². The normalized spacial score (nSPS) is 10.0. The molecule has 120 valence electrons. The molecule has 7 heteroatoms. The van der Waals surface area contributed by atoms with Crippen LogP contribution in [0.25, 0.3) is 0 Å². The first-order valence-corrected chi connectivity index (χ1v) is 7.32. The minimum atomic E-state index is -0.543. The van der Waals surface area contributed by atoms with Gasteiger partial charge in [0.25, 0.3) is 5.91 Å². The van der Waals surface area contributed by atoms with E-state index in [1.165, 1.54) is 13.2 Å². The maximum Gasteiger partial charge on any atom is 0.341 e. The Hall–Kier alpha value is -2.24. The Morgan fingerprint density at radius 3 is 2.61 bits per heavy atom. The number of esters is 1. The van der Waals surface area contributed by atoms with E-state index in [4.69, 9.17) is 27.9 Å². The van der Waals surface area contributed by atoms with Crippen molar-refractivity contribution in [1.29, 1.82) is 0 Å². The predicted octanol–water partition coefficient (Wildman–Crippen LogP) is 3.80. The molecule has 0 fully saturated rings. The van der Waals surface area contributed by atoms with Gasteiger partial charge in [-0.05, 0) is 30.3 Å². The average Bonchev–Trinajstić information content (AvgIpc) is 2.56. The van der Waals surface area contributed by atoms with Crippen LogP contribution in [0.4, 0.5) is 5.69 Å². The summed E-state index contributed by atoms with van der Waals surface area (Å²) >= 11 is 11.8. The van der Waals surface area contributed by atoms with Crippen LogP contribution in [0.2, 0.25) is 10.0 Å². The zero-order chi connectivity index (χ0) is 16.8. The van der Waals surface area contributed by atoms with Crippen LogP contribution in [0, 0.1) is 0 Å². The van der Waals surface area contributed by atoms with Gasteiger partial charge in [-0.25, -0.2) is 4.79 Å². The van der Waals surface area contributed by atoms with E-state index in [9.17, 15) is 9.59 Å². The van der Waals surface area contributed by atoms with Gasteiger partial charge in [-0.3, -0.25) is 4.79 Å². The van der Waals surface area contributed by atoms with E-state index in [0.717, 1.165) is 0 Å². The smallest absolute Gasteiger partial charge is 0.341 e. The molecule has 2 rings (SSSR count). The Morgan fingerprint density at radius 1 is 1.13 bits per heavy atom. The fourth-order valence-corrected chi connectivity index (χ4v) is 2.13. The van der Waals surface area contributed by atoms with Gasteiger partial charge in [-0.2, -0.15) is 0 Å². The van der Waals surface area contributed by atoms with E-state index in [-0.39, 0.29) is 17.9 Å². The summed E-state index contributed by atoms with van der Waals surface area (Å²) in [5, 5.41) is 3.39. The zero-order valence-electron chi connectivity index (χ0n) is 12.1. The van der Waals surface area contributed by atoms with Gasteiger partial charge in [0.2, 0.25) is 0 Å². The van der Waals surface area contributed by atoms with E-state index in [1.54, 1.807) is 36.4 Å². The number of amides is 1. The number of nitrogens with one attached hydrogen (secondary N) is 1. The van der Waals surface area contributed by atoms with Gasteiger partial charge in [-0.15, -0.1) is 0 Å². The summed E-state index contributed by atoms with van der Waals surface area (Å²) in [6, 6.07) is 11.2. The number of benzene rings is 2. The highest BCUT2D eigenvalue weighted by molar-refractivity contribution is 6.35. The van der Waals surface area contributed by atoms with Crippen LogP contribution in [0.1, 0.15) is 10.4 Å². The summed E-state index contributed by atoms with van der Waals surface area (Å²) in [5.74, 6) is -0.723. The van der Waals surface area contributed by atoms with Crippen molar-refractivity contribution in [1.82, 2.24) is 0 Å². The predicted molar refractivity (Wildman–Crippen MR) is 88.4 cm³/mol. The Morgan fingerprint density at radius 2 is 1.87 bits per heavy atom. The highest BCUT2D eigenvalue weighted by atomic mass is 35.5. The van der Waals surface area contributed by atoms with E-state index >= 15 is 0 Å². The van der Waals surface area contributed by atoms with Gasteiger partial charge < -0.3 is 14.8 Å². The van der Waals surface area contributed by atoms with E-state index < -0.39 is 11.9 Å². The monoisotopic (exact) mass is 353 g/mol. The first-order chi connectivity index (χ1) is 11.0. The molecule has 0 radical (unpaired) electrons. The molecular weight excluding hydrogens is 341 g/mol. The molecule has 0 aromatic heterocycles. The number of methoxy groups -OCH3 is 1. The lowest BCUT2D eigenvalue weighted by Crippen LogP contribution is -2.21. The number of rotatable bonds is 5. The number of para-hydroxylation sites is 1. The fourth-order valence-electron chi connectivity index (χ4n) is 1.79. The highest BCUT2D eigenvalue weighted by Gasteiger charge is 2.14. The largest absolute Gasteiger partial charge is 0.483 e. The maximum atomic E-state index is 11.9. The summed E-state index contributed by atoms with van der Waals surface area (Å²) in [6.45, 7) is -0.295. The minimum Gasteiger partial charge on any atom is -0.483 e. The van der Waals surface area contributed by atoms with Gasteiger partial charge in [0.1, 0.15) is 11.3 Å². The molecule has 0 aliphatic rings. The van der Waals surface area contributed by atoms with Crippen molar-refractivity contribution < 1.29 is 19.1 Å². The second-order valence-corrected chi connectivity index (χ2v) is 5.29. The summed E-state index contributed by atoms with van der Waals surface area (Å²) in [5.41, 5.74) is 0.623. The molecule has 23 heavy (non-hydrogen) atoms. The van der Waals surface area contributed by atoms with Gasteiger partial charge >= 0.3 is 5.97 Å². The van der Waals surface area contributed by atoms with Crippen LogP contribution in [0.3, 0.4) is 0 Å². The number of carbonyl (C=O) groups excluding carboxylic acids is 2. The van der Waals surface area contributed by atoms with Crippen molar-refractivity contribution in [2.75, 3.05) is 19.0 Å². The van der Waals surface area contributed by atoms with E-state index in [2.05, 4.69) is 10.1 Å². The van der Waals surface area contributed by atoms with Crippen molar-refractivity contribution in [2.45, 2.75) is 0 Å². The molecule has 0 aliphatic heterocycles. The molecule has 0 saturated heterocycles. The third-order valence-corrected chi connectivity index (χ3v) is 3.42. The quantitative estimate of drug-likeness (QED) is 0.830. The van der Waals surface area contributed by atoms with Crippen molar-refractivity contribution >= 4 is 40.8 Å². The molecule has 0 atom stereocenters.